The number of hydrogen-bond donors (Lipinski definition) is 1. The van der Waals surface area contributed by atoms with Crippen LogP contribution in [0.4, 0.5) is 5.69 Å². The van der Waals surface area contributed by atoms with Crippen LogP contribution >= 0.6 is 0 Å². The van der Waals surface area contributed by atoms with Gasteiger partial charge in [-0.3, -0.25) is 0 Å². The minimum atomic E-state index is 1.19. The van der Waals surface area contributed by atoms with Gasteiger partial charge in [0.25, 0.3) is 0 Å². The van der Waals surface area contributed by atoms with E-state index in [-0.39, 0.29) is 0 Å². The smallest absolute Gasteiger partial charge is 0.0498 e. The Kier molecular flexibility index (Phi) is 3.57. The molecule has 0 fully saturated rings. The molecule has 2 aromatic rings. The topological polar surface area (TPSA) is 17.0 Å². The minimum absolute atomic E-state index is 1.19. The molecule has 0 radical (unpaired) electrons. The highest BCUT2D eigenvalue weighted by atomic mass is 14.9. The number of fused-ring (bicyclic) bond motifs is 1. The fourth-order valence-electron chi connectivity index (χ4n) is 1.52. The summed E-state index contributed by atoms with van der Waals surface area (Å²) in [4.78, 5) is 0. The number of nitrogens with one attached hydrogen (secondary N) is 1. The number of hydrogen-bond acceptors (Lipinski definition) is 1. The lowest BCUT2D eigenvalue weighted by atomic mass is 10.2. The zero-order valence-electron chi connectivity index (χ0n) is 9.33. The van der Waals surface area contributed by atoms with E-state index in [4.69, 9.17) is 0 Å². The molecule has 1 N–H and O–H groups in total. The van der Waals surface area contributed by atoms with Gasteiger partial charge in [0.2, 0.25) is 0 Å². The van der Waals surface area contributed by atoms with Crippen LogP contribution in [0.2, 0.25) is 0 Å². The Bertz CT molecular complexity index is 402. The van der Waals surface area contributed by atoms with E-state index in [0.29, 0.717) is 0 Å². The normalized spacial score (nSPS) is 9.43. The molecule has 0 aliphatic carbocycles. The van der Waals surface area contributed by atoms with Crippen molar-refractivity contribution in [1.29, 1.82) is 0 Å². The van der Waals surface area contributed by atoms with Gasteiger partial charge in [-0.15, -0.1) is 0 Å². The van der Waals surface area contributed by atoms with Crippen LogP contribution in [0.3, 0.4) is 0 Å². The van der Waals surface area contributed by atoms with E-state index in [0.717, 1.165) is 0 Å². The van der Waals surface area contributed by atoms with E-state index < -0.39 is 0 Å². The molecule has 0 spiro atoms. The van der Waals surface area contributed by atoms with Crippen molar-refractivity contribution in [2.24, 2.45) is 7.05 Å². The van der Waals surface area contributed by atoms with Crippen molar-refractivity contribution >= 4 is 16.6 Å². The highest BCUT2D eigenvalue weighted by Gasteiger charge is 2.00. The highest BCUT2D eigenvalue weighted by Crippen LogP contribution is 2.22. The average molecular weight is 190 g/mol. The number of nitrogens with zero attached hydrogens (tertiary/aromatic N) is 1. The second-order valence-corrected chi connectivity index (χ2v) is 2.92. The van der Waals surface area contributed by atoms with Gasteiger partial charge in [0, 0.05) is 36.9 Å². The summed E-state index contributed by atoms with van der Waals surface area (Å²) in [5.41, 5.74) is 2.45. The SMILES string of the molecule is CC.CNc1cccc2c1ccn2C. The van der Waals surface area contributed by atoms with E-state index in [1.54, 1.807) is 0 Å². The molecule has 0 saturated heterocycles. The number of aromatic nitrogens is 1. The molecule has 0 amide bonds. The third kappa shape index (κ3) is 1.74. The molecule has 2 nitrogen and oxygen atoms in total. The van der Waals surface area contributed by atoms with Gasteiger partial charge in [0.05, 0.1) is 0 Å². The number of anilines is 1. The van der Waals surface area contributed by atoms with Gasteiger partial charge in [0.1, 0.15) is 0 Å². The maximum Gasteiger partial charge on any atom is 0.0498 e. The third-order valence-corrected chi connectivity index (χ3v) is 2.20. The van der Waals surface area contributed by atoms with Crippen LogP contribution in [-0.4, -0.2) is 11.6 Å². The summed E-state index contributed by atoms with van der Waals surface area (Å²) in [6.07, 6.45) is 2.07. The Balaban J connectivity index is 0.000000461. The number of aryl methyl sites for hydroxylation is 1. The average Bonchev–Trinajstić information content (AvgIpc) is 2.64. The zero-order valence-corrected chi connectivity index (χ0v) is 9.33. The fraction of sp³-hybridized carbons (Fsp3) is 0.333. The van der Waals surface area contributed by atoms with Crippen LogP contribution in [0.15, 0.2) is 30.5 Å². The quantitative estimate of drug-likeness (QED) is 0.730. The van der Waals surface area contributed by atoms with Gasteiger partial charge in [-0.25, -0.2) is 0 Å². The monoisotopic (exact) mass is 190 g/mol. The molecule has 76 valence electrons. The van der Waals surface area contributed by atoms with Crippen molar-refractivity contribution in [3.05, 3.63) is 30.5 Å². The summed E-state index contributed by atoms with van der Waals surface area (Å²) in [6, 6.07) is 8.40. The molecule has 0 saturated carbocycles. The van der Waals surface area contributed by atoms with Gasteiger partial charge in [-0.1, -0.05) is 19.9 Å². The van der Waals surface area contributed by atoms with E-state index in [1.807, 2.05) is 20.9 Å². The van der Waals surface area contributed by atoms with Crippen LogP contribution in [-0.2, 0) is 7.05 Å². The first-order chi connectivity index (χ1) is 6.83. The molecule has 1 aromatic heterocycles. The Morgan fingerprint density at radius 2 is 1.86 bits per heavy atom. The van der Waals surface area contributed by atoms with Gasteiger partial charge in [-0.05, 0) is 18.2 Å². The van der Waals surface area contributed by atoms with E-state index in [1.165, 1.54) is 16.6 Å². The largest absolute Gasteiger partial charge is 0.388 e. The van der Waals surface area contributed by atoms with Gasteiger partial charge >= 0.3 is 0 Å². The van der Waals surface area contributed by atoms with Crippen molar-refractivity contribution in [3.8, 4) is 0 Å². The third-order valence-electron chi connectivity index (χ3n) is 2.20. The Labute approximate surface area is 85.5 Å². The first kappa shape index (κ1) is 10.6. The zero-order chi connectivity index (χ0) is 10.6. The molecule has 0 bridgehead atoms. The van der Waals surface area contributed by atoms with E-state index in [2.05, 4.69) is 47.4 Å². The van der Waals surface area contributed by atoms with Crippen LogP contribution in [0.25, 0.3) is 10.9 Å². The van der Waals surface area contributed by atoms with Crippen molar-refractivity contribution in [3.63, 3.8) is 0 Å². The van der Waals surface area contributed by atoms with Crippen molar-refractivity contribution in [2.75, 3.05) is 12.4 Å². The maximum absolute atomic E-state index is 3.17. The lowest BCUT2D eigenvalue weighted by Crippen LogP contribution is -1.89. The highest BCUT2D eigenvalue weighted by molar-refractivity contribution is 5.92. The lowest BCUT2D eigenvalue weighted by molar-refractivity contribution is 0.969. The minimum Gasteiger partial charge on any atom is -0.388 e. The first-order valence-electron chi connectivity index (χ1n) is 5.05. The summed E-state index contributed by atoms with van der Waals surface area (Å²) in [5, 5.41) is 4.45. The Morgan fingerprint density at radius 3 is 2.50 bits per heavy atom. The standard InChI is InChI=1S/C10H12N2.C2H6/c1-11-9-4-3-5-10-8(9)6-7-12(10)2;1-2/h3-7,11H,1-2H3;1-2H3. The number of rotatable bonds is 1. The predicted octanol–water partition coefficient (Wildman–Crippen LogP) is 3.25. The fourth-order valence-corrected chi connectivity index (χ4v) is 1.52. The Morgan fingerprint density at radius 1 is 1.14 bits per heavy atom. The molecule has 14 heavy (non-hydrogen) atoms. The van der Waals surface area contributed by atoms with Gasteiger partial charge < -0.3 is 9.88 Å². The second kappa shape index (κ2) is 4.70. The van der Waals surface area contributed by atoms with Crippen LogP contribution in [0.5, 0.6) is 0 Å². The molecular formula is C12H18N2. The summed E-state index contributed by atoms with van der Waals surface area (Å²) >= 11 is 0. The van der Waals surface area contributed by atoms with Crippen molar-refractivity contribution in [1.82, 2.24) is 4.57 Å². The Hall–Kier alpha value is -1.44. The van der Waals surface area contributed by atoms with Gasteiger partial charge in [-0.2, -0.15) is 0 Å². The predicted molar refractivity (Wildman–Crippen MR) is 63.8 cm³/mol. The summed E-state index contributed by atoms with van der Waals surface area (Å²) in [6.45, 7) is 4.00. The molecule has 0 unspecified atom stereocenters. The lowest BCUT2D eigenvalue weighted by Gasteiger charge is -2.01. The van der Waals surface area contributed by atoms with E-state index >= 15 is 0 Å². The molecule has 2 heteroatoms. The van der Waals surface area contributed by atoms with Crippen LogP contribution < -0.4 is 5.32 Å². The van der Waals surface area contributed by atoms with Crippen LogP contribution in [0, 0.1) is 0 Å². The molecule has 0 atom stereocenters. The summed E-state index contributed by atoms with van der Waals surface area (Å²) in [7, 11) is 4.00. The molecule has 0 aliphatic heterocycles. The van der Waals surface area contributed by atoms with Crippen molar-refractivity contribution < 1.29 is 0 Å². The molecule has 2 rings (SSSR count). The second-order valence-electron chi connectivity index (χ2n) is 2.92. The number of benzene rings is 1. The maximum atomic E-state index is 3.17. The molecule has 1 heterocycles. The van der Waals surface area contributed by atoms with Crippen molar-refractivity contribution in [2.45, 2.75) is 13.8 Å². The summed E-state index contributed by atoms with van der Waals surface area (Å²) < 4.78 is 2.12. The van der Waals surface area contributed by atoms with Crippen LogP contribution in [0.1, 0.15) is 13.8 Å². The summed E-state index contributed by atoms with van der Waals surface area (Å²) in [5.74, 6) is 0. The molecular weight excluding hydrogens is 172 g/mol. The first-order valence-corrected chi connectivity index (χ1v) is 5.05. The molecule has 0 aliphatic rings. The molecule has 1 aromatic carbocycles. The van der Waals surface area contributed by atoms with Gasteiger partial charge in [0.15, 0.2) is 0 Å². The van der Waals surface area contributed by atoms with E-state index in [9.17, 15) is 0 Å².